The van der Waals surface area contributed by atoms with Crippen molar-refractivity contribution in [1.29, 1.82) is 0 Å². The molecule has 5 rings (SSSR count). The summed E-state index contributed by atoms with van der Waals surface area (Å²) in [4.78, 5) is 16.6. The van der Waals surface area contributed by atoms with Gasteiger partial charge in [0.25, 0.3) is 0 Å². The summed E-state index contributed by atoms with van der Waals surface area (Å²) in [6, 6.07) is 13.2. The standard InChI is InChI=1S/C26H31N3O3/c1-19-23(18-30)16-25-15-22(17-29(25)26(19)20(2)27-7-11-31-12-8-27)21-3-5-24(6-4-21)28-9-13-32-14-10-28/h3-6,15-18,20H,7-14H2,1-2H3. The largest absolute Gasteiger partial charge is 0.379 e. The Labute approximate surface area is 189 Å². The third kappa shape index (κ3) is 3.94. The first-order valence-corrected chi connectivity index (χ1v) is 11.5. The number of hydrogen-bond acceptors (Lipinski definition) is 5. The zero-order chi connectivity index (χ0) is 22.1. The van der Waals surface area contributed by atoms with Crippen molar-refractivity contribution in [3.8, 4) is 11.1 Å². The van der Waals surface area contributed by atoms with Crippen molar-refractivity contribution < 1.29 is 14.3 Å². The first-order chi connectivity index (χ1) is 15.7. The molecule has 0 amide bonds. The van der Waals surface area contributed by atoms with Crippen molar-refractivity contribution in [1.82, 2.24) is 9.30 Å². The number of aromatic nitrogens is 1. The minimum Gasteiger partial charge on any atom is -0.379 e. The fourth-order valence-corrected chi connectivity index (χ4v) is 5.01. The van der Waals surface area contributed by atoms with Crippen LogP contribution in [-0.2, 0) is 9.47 Å². The molecule has 0 bridgehead atoms. The molecule has 1 aromatic carbocycles. The molecule has 4 heterocycles. The number of pyridine rings is 1. The Bertz CT molecular complexity index is 1090. The molecule has 6 nitrogen and oxygen atoms in total. The Morgan fingerprint density at radius 3 is 2.22 bits per heavy atom. The minimum absolute atomic E-state index is 0.199. The number of benzene rings is 1. The Morgan fingerprint density at radius 1 is 0.906 bits per heavy atom. The third-order valence-corrected chi connectivity index (χ3v) is 6.92. The van der Waals surface area contributed by atoms with Crippen LogP contribution in [0.5, 0.6) is 0 Å². The molecule has 0 aliphatic carbocycles. The van der Waals surface area contributed by atoms with E-state index in [2.05, 4.69) is 64.6 Å². The highest BCUT2D eigenvalue weighted by Gasteiger charge is 2.24. The second kappa shape index (κ2) is 9.06. The van der Waals surface area contributed by atoms with Crippen LogP contribution in [0.25, 0.3) is 16.6 Å². The molecular weight excluding hydrogens is 402 g/mol. The van der Waals surface area contributed by atoms with Crippen LogP contribution in [0, 0.1) is 6.92 Å². The summed E-state index contributed by atoms with van der Waals surface area (Å²) < 4.78 is 13.3. The molecule has 0 N–H and O–H groups in total. The van der Waals surface area contributed by atoms with E-state index in [1.54, 1.807) is 0 Å². The SMILES string of the molecule is Cc1c(C=O)cc2cc(-c3ccc(N4CCOCC4)cc3)cn2c1C(C)N1CCOCC1. The smallest absolute Gasteiger partial charge is 0.150 e. The van der Waals surface area contributed by atoms with Gasteiger partial charge in [0.15, 0.2) is 0 Å². The van der Waals surface area contributed by atoms with Crippen molar-refractivity contribution in [2.24, 2.45) is 0 Å². The zero-order valence-corrected chi connectivity index (χ0v) is 18.9. The van der Waals surface area contributed by atoms with Gasteiger partial charge in [-0.1, -0.05) is 12.1 Å². The second-order valence-electron chi connectivity index (χ2n) is 8.72. The van der Waals surface area contributed by atoms with Gasteiger partial charge in [-0.25, -0.2) is 0 Å². The molecule has 2 fully saturated rings. The predicted molar refractivity (Wildman–Crippen MR) is 127 cm³/mol. The highest BCUT2D eigenvalue weighted by molar-refractivity contribution is 5.82. The molecular formula is C26H31N3O3. The van der Waals surface area contributed by atoms with Gasteiger partial charge in [0, 0.05) is 66.4 Å². The van der Waals surface area contributed by atoms with E-state index in [1.807, 2.05) is 6.07 Å². The fourth-order valence-electron chi connectivity index (χ4n) is 5.01. The average Bonchev–Trinajstić information content (AvgIpc) is 3.28. The van der Waals surface area contributed by atoms with E-state index in [1.165, 1.54) is 16.9 Å². The van der Waals surface area contributed by atoms with Gasteiger partial charge in [0.05, 0.1) is 26.4 Å². The van der Waals surface area contributed by atoms with Crippen LogP contribution < -0.4 is 4.90 Å². The minimum atomic E-state index is 0.199. The van der Waals surface area contributed by atoms with Gasteiger partial charge in [-0.3, -0.25) is 9.69 Å². The quantitative estimate of drug-likeness (QED) is 0.570. The number of fused-ring (bicyclic) bond motifs is 1. The first-order valence-electron chi connectivity index (χ1n) is 11.5. The fraction of sp³-hybridized carbons (Fsp3) is 0.423. The van der Waals surface area contributed by atoms with Gasteiger partial charge in [-0.2, -0.15) is 0 Å². The van der Waals surface area contributed by atoms with Crippen LogP contribution in [0.4, 0.5) is 5.69 Å². The monoisotopic (exact) mass is 433 g/mol. The van der Waals surface area contributed by atoms with Gasteiger partial charge in [0.2, 0.25) is 0 Å². The zero-order valence-electron chi connectivity index (χ0n) is 18.9. The number of morpholine rings is 2. The molecule has 2 saturated heterocycles. The summed E-state index contributed by atoms with van der Waals surface area (Å²) in [5.41, 5.74) is 7.64. The highest BCUT2D eigenvalue weighted by atomic mass is 16.5. The van der Waals surface area contributed by atoms with Gasteiger partial charge >= 0.3 is 0 Å². The van der Waals surface area contributed by atoms with E-state index in [0.717, 1.165) is 81.1 Å². The molecule has 0 spiro atoms. The second-order valence-corrected chi connectivity index (χ2v) is 8.72. The summed E-state index contributed by atoms with van der Waals surface area (Å²) >= 11 is 0. The number of hydrogen-bond donors (Lipinski definition) is 0. The average molecular weight is 434 g/mol. The molecule has 1 unspecified atom stereocenters. The maximum absolute atomic E-state index is 11.8. The summed E-state index contributed by atoms with van der Waals surface area (Å²) in [6.07, 6.45) is 3.20. The number of carbonyl (C=O) groups is 1. The van der Waals surface area contributed by atoms with E-state index >= 15 is 0 Å². The summed E-state index contributed by atoms with van der Waals surface area (Å²) in [7, 11) is 0. The lowest BCUT2D eigenvalue weighted by molar-refractivity contribution is 0.0187. The van der Waals surface area contributed by atoms with Crippen LogP contribution >= 0.6 is 0 Å². The van der Waals surface area contributed by atoms with Crippen molar-refractivity contribution in [3.63, 3.8) is 0 Å². The van der Waals surface area contributed by atoms with E-state index in [4.69, 9.17) is 9.47 Å². The number of nitrogens with zero attached hydrogens (tertiary/aromatic N) is 3. The maximum Gasteiger partial charge on any atom is 0.150 e. The van der Waals surface area contributed by atoms with Crippen molar-refractivity contribution in [3.05, 3.63) is 59.4 Å². The Kier molecular flexibility index (Phi) is 6.00. The van der Waals surface area contributed by atoms with E-state index in [0.29, 0.717) is 0 Å². The van der Waals surface area contributed by atoms with E-state index in [9.17, 15) is 4.79 Å². The topological polar surface area (TPSA) is 46.4 Å². The van der Waals surface area contributed by atoms with E-state index in [-0.39, 0.29) is 6.04 Å². The van der Waals surface area contributed by atoms with Crippen LogP contribution in [0.2, 0.25) is 0 Å². The van der Waals surface area contributed by atoms with Gasteiger partial charge in [0.1, 0.15) is 6.29 Å². The predicted octanol–water partition coefficient (Wildman–Crippen LogP) is 3.96. The molecule has 3 aromatic rings. The highest BCUT2D eigenvalue weighted by Crippen LogP contribution is 2.32. The first kappa shape index (κ1) is 21.2. The van der Waals surface area contributed by atoms with Crippen LogP contribution in [-0.4, -0.2) is 68.2 Å². The molecule has 0 radical (unpaired) electrons. The Balaban J connectivity index is 1.52. The lowest BCUT2D eigenvalue weighted by Gasteiger charge is -2.33. The number of ether oxygens (including phenoxy) is 2. The number of aldehydes is 1. The molecule has 32 heavy (non-hydrogen) atoms. The lowest BCUT2D eigenvalue weighted by Crippen LogP contribution is -2.38. The Morgan fingerprint density at radius 2 is 1.56 bits per heavy atom. The van der Waals surface area contributed by atoms with Gasteiger partial charge in [-0.05, 0) is 49.2 Å². The van der Waals surface area contributed by atoms with Gasteiger partial charge < -0.3 is 18.8 Å². The molecule has 1 atom stereocenters. The third-order valence-electron chi connectivity index (χ3n) is 6.92. The normalized spacial score (nSPS) is 18.8. The molecule has 2 aliphatic heterocycles. The Hall–Kier alpha value is -2.67. The van der Waals surface area contributed by atoms with Gasteiger partial charge in [-0.15, -0.1) is 0 Å². The van der Waals surface area contributed by atoms with Crippen LogP contribution in [0.3, 0.4) is 0 Å². The number of carbonyl (C=O) groups excluding carboxylic acids is 1. The molecule has 6 heteroatoms. The molecule has 2 aliphatic rings. The summed E-state index contributed by atoms with van der Waals surface area (Å²) in [5.74, 6) is 0. The number of anilines is 1. The summed E-state index contributed by atoms with van der Waals surface area (Å²) in [5, 5.41) is 0. The number of rotatable bonds is 5. The van der Waals surface area contributed by atoms with Crippen LogP contribution in [0.1, 0.15) is 34.6 Å². The van der Waals surface area contributed by atoms with E-state index < -0.39 is 0 Å². The van der Waals surface area contributed by atoms with Crippen molar-refractivity contribution in [2.45, 2.75) is 19.9 Å². The molecule has 2 aromatic heterocycles. The maximum atomic E-state index is 11.8. The van der Waals surface area contributed by atoms with Crippen molar-refractivity contribution >= 4 is 17.5 Å². The van der Waals surface area contributed by atoms with Crippen molar-refractivity contribution in [2.75, 3.05) is 57.5 Å². The molecule has 0 saturated carbocycles. The summed E-state index contributed by atoms with van der Waals surface area (Å²) in [6.45, 7) is 11.1. The lowest BCUT2D eigenvalue weighted by atomic mass is 10.0. The molecule has 168 valence electrons. The van der Waals surface area contributed by atoms with Crippen LogP contribution in [0.15, 0.2) is 42.6 Å².